The van der Waals surface area contributed by atoms with E-state index in [9.17, 15) is 15.0 Å². The van der Waals surface area contributed by atoms with E-state index >= 15 is 0 Å². The zero-order chi connectivity index (χ0) is 12.1. The molecule has 2 N–H and O–H groups in total. The summed E-state index contributed by atoms with van der Waals surface area (Å²) in [6.07, 6.45) is -0.437. The average molecular weight is 287 g/mol. The van der Waals surface area contributed by atoms with Crippen LogP contribution in [0.4, 0.5) is 0 Å². The fourth-order valence-electron chi connectivity index (χ4n) is 1.51. The van der Waals surface area contributed by atoms with Gasteiger partial charge in [-0.05, 0) is 24.5 Å². The van der Waals surface area contributed by atoms with Crippen LogP contribution in [0.15, 0.2) is 18.2 Å². The lowest BCUT2D eigenvalue weighted by Gasteiger charge is -2.17. The van der Waals surface area contributed by atoms with Gasteiger partial charge in [0.05, 0.1) is 6.10 Å². The molecule has 1 rings (SSSR count). The van der Waals surface area contributed by atoms with Crippen molar-refractivity contribution < 1.29 is 15.0 Å². The summed E-state index contributed by atoms with van der Waals surface area (Å²) in [6.45, 7) is 1.80. The van der Waals surface area contributed by atoms with Crippen molar-refractivity contribution in [2.24, 2.45) is 0 Å². The van der Waals surface area contributed by atoms with Crippen molar-refractivity contribution in [3.63, 3.8) is 0 Å². The molecule has 0 aliphatic carbocycles. The maximum atomic E-state index is 10.6. The van der Waals surface area contributed by atoms with Crippen LogP contribution in [-0.2, 0) is 0 Å². The Morgan fingerprint density at radius 3 is 2.62 bits per heavy atom. The molecule has 0 aliphatic heterocycles. The minimum Gasteiger partial charge on any atom is -0.390 e. The average Bonchev–Trinajstić information content (AvgIpc) is 2.28. The topological polar surface area (TPSA) is 57.5 Å². The summed E-state index contributed by atoms with van der Waals surface area (Å²) in [4.78, 5) is 10.6. The van der Waals surface area contributed by atoms with Gasteiger partial charge in [-0.1, -0.05) is 34.1 Å². The maximum absolute atomic E-state index is 10.6. The molecule has 4 heteroatoms. The van der Waals surface area contributed by atoms with Gasteiger partial charge in [-0.15, -0.1) is 0 Å². The summed E-state index contributed by atoms with van der Waals surface area (Å²) in [5.41, 5.74) is 2.04. The first kappa shape index (κ1) is 13.4. The Kier molecular flexibility index (Phi) is 5.12. The third-order valence-corrected chi connectivity index (χ3v) is 2.99. The van der Waals surface area contributed by atoms with E-state index in [1.165, 1.54) is 0 Å². The molecule has 0 amide bonds. The van der Waals surface area contributed by atoms with Crippen LogP contribution in [0, 0.1) is 6.92 Å². The molecule has 0 saturated heterocycles. The van der Waals surface area contributed by atoms with E-state index in [1.807, 2.05) is 0 Å². The van der Waals surface area contributed by atoms with Crippen LogP contribution in [-0.4, -0.2) is 27.9 Å². The lowest BCUT2D eigenvalue weighted by molar-refractivity contribution is 0.0173. The van der Waals surface area contributed by atoms with Gasteiger partial charge in [-0.2, -0.15) is 0 Å². The van der Waals surface area contributed by atoms with Crippen LogP contribution in [0.25, 0.3) is 0 Å². The molecule has 0 fully saturated rings. The zero-order valence-electron chi connectivity index (χ0n) is 9.06. The molecule has 0 aliphatic rings. The van der Waals surface area contributed by atoms with E-state index in [2.05, 4.69) is 15.9 Å². The van der Waals surface area contributed by atoms with Crippen LogP contribution < -0.4 is 0 Å². The van der Waals surface area contributed by atoms with Crippen molar-refractivity contribution in [2.75, 3.05) is 5.33 Å². The second-order valence-corrected chi connectivity index (χ2v) is 4.52. The highest BCUT2D eigenvalue weighted by Crippen LogP contribution is 2.21. The highest BCUT2D eigenvalue weighted by Gasteiger charge is 2.18. The molecule has 0 spiro atoms. The largest absolute Gasteiger partial charge is 0.390 e. The molecule has 0 heterocycles. The van der Waals surface area contributed by atoms with E-state index in [0.717, 1.165) is 11.8 Å². The number of halogens is 1. The molecule has 0 radical (unpaired) electrons. The lowest BCUT2D eigenvalue weighted by atomic mass is 9.98. The minimum atomic E-state index is -0.906. The van der Waals surface area contributed by atoms with Crippen LogP contribution in [0.5, 0.6) is 0 Å². The molecule has 2 atom stereocenters. The van der Waals surface area contributed by atoms with Crippen molar-refractivity contribution in [3.8, 4) is 0 Å². The molecule has 1 aromatic carbocycles. The van der Waals surface area contributed by atoms with E-state index in [1.54, 1.807) is 25.1 Å². The monoisotopic (exact) mass is 286 g/mol. The zero-order valence-corrected chi connectivity index (χ0v) is 10.6. The Labute approximate surface area is 103 Å². The molecule has 1 aromatic rings. The molecule has 0 bridgehead atoms. The number of aliphatic hydroxyl groups excluding tert-OH is 2. The Bertz CT molecular complexity index is 365. The van der Waals surface area contributed by atoms with Crippen molar-refractivity contribution >= 4 is 22.2 Å². The van der Waals surface area contributed by atoms with Crippen LogP contribution >= 0.6 is 15.9 Å². The predicted molar refractivity (Wildman–Crippen MR) is 65.9 cm³/mol. The van der Waals surface area contributed by atoms with Gasteiger partial charge in [-0.25, -0.2) is 0 Å². The predicted octanol–water partition coefficient (Wildman–Crippen LogP) is 1.99. The summed E-state index contributed by atoms with van der Waals surface area (Å²) < 4.78 is 0. The van der Waals surface area contributed by atoms with Crippen molar-refractivity contribution in [1.29, 1.82) is 0 Å². The lowest BCUT2D eigenvalue weighted by Crippen LogP contribution is -2.18. The third kappa shape index (κ3) is 3.14. The van der Waals surface area contributed by atoms with Gasteiger partial charge in [-0.3, -0.25) is 4.79 Å². The number of hydrogen-bond donors (Lipinski definition) is 2. The van der Waals surface area contributed by atoms with E-state index in [0.29, 0.717) is 22.9 Å². The van der Waals surface area contributed by atoms with Gasteiger partial charge in [0.2, 0.25) is 0 Å². The number of benzene rings is 1. The molecule has 16 heavy (non-hydrogen) atoms. The Balaban J connectivity index is 2.88. The number of aldehydes is 1. The molecule has 88 valence electrons. The number of aryl methyl sites for hydroxylation is 1. The maximum Gasteiger partial charge on any atom is 0.150 e. The fourth-order valence-corrected chi connectivity index (χ4v) is 1.98. The number of alkyl halides is 1. The Hall–Kier alpha value is -0.710. The first-order valence-corrected chi connectivity index (χ1v) is 6.20. The summed E-state index contributed by atoms with van der Waals surface area (Å²) in [6, 6.07) is 5.05. The smallest absolute Gasteiger partial charge is 0.150 e. The summed E-state index contributed by atoms with van der Waals surface area (Å²) in [5.74, 6) is 0. The molecular formula is C12H15BrO3. The number of carbonyl (C=O) groups excluding carboxylic acids is 1. The Morgan fingerprint density at radius 2 is 2.12 bits per heavy atom. The molecule has 3 nitrogen and oxygen atoms in total. The van der Waals surface area contributed by atoms with Crippen molar-refractivity contribution in [3.05, 3.63) is 34.9 Å². The fraction of sp³-hybridized carbons (Fsp3) is 0.417. The summed E-state index contributed by atoms with van der Waals surface area (Å²) in [7, 11) is 0. The van der Waals surface area contributed by atoms with Gasteiger partial charge in [0.25, 0.3) is 0 Å². The van der Waals surface area contributed by atoms with E-state index in [-0.39, 0.29) is 0 Å². The normalized spacial score (nSPS) is 14.5. The first-order chi connectivity index (χ1) is 7.60. The number of aliphatic hydroxyl groups is 2. The summed E-state index contributed by atoms with van der Waals surface area (Å²) in [5, 5.41) is 20.1. The van der Waals surface area contributed by atoms with Gasteiger partial charge in [0.15, 0.2) is 0 Å². The van der Waals surface area contributed by atoms with Gasteiger partial charge < -0.3 is 10.2 Å². The SMILES string of the molecule is Cc1cc(C(O)C(O)CCBr)ccc1C=O. The highest BCUT2D eigenvalue weighted by molar-refractivity contribution is 9.09. The molecule has 0 saturated carbocycles. The Morgan fingerprint density at radius 1 is 1.44 bits per heavy atom. The third-order valence-electron chi connectivity index (χ3n) is 2.53. The van der Waals surface area contributed by atoms with E-state index in [4.69, 9.17) is 0 Å². The van der Waals surface area contributed by atoms with Crippen LogP contribution in [0.1, 0.15) is 34.0 Å². The standard InChI is InChI=1S/C12H15BrO3/c1-8-6-9(2-3-10(8)7-14)12(16)11(15)4-5-13/h2-3,6-7,11-12,15-16H,4-5H2,1H3. The minimum absolute atomic E-state index is 0.482. The molecule has 0 aromatic heterocycles. The van der Waals surface area contributed by atoms with Crippen LogP contribution in [0.3, 0.4) is 0 Å². The number of rotatable bonds is 5. The first-order valence-electron chi connectivity index (χ1n) is 5.08. The second kappa shape index (κ2) is 6.13. The van der Waals surface area contributed by atoms with Crippen molar-refractivity contribution in [1.82, 2.24) is 0 Å². The van der Waals surface area contributed by atoms with Gasteiger partial charge in [0.1, 0.15) is 12.4 Å². The number of carbonyl (C=O) groups is 1. The quantitative estimate of drug-likeness (QED) is 0.643. The highest BCUT2D eigenvalue weighted by atomic mass is 79.9. The molecule has 2 unspecified atom stereocenters. The second-order valence-electron chi connectivity index (χ2n) is 3.72. The van der Waals surface area contributed by atoms with Crippen molar-refractivity contribution in [2.45, 2.75) is 25.6 Å². The van der Waals surface area contributed by atoms with E-state index < -0.39 is 12.2 Å². The van der Waals surface area contributed by atoms with Gasteiger partial charge >= 0.3 is 0 Å². The number of hydrogen-bond acceptors (Lipinski definition) is 3. The van der Waals surface area contributed by atoms with Gasteiger partial charge in [0, 0.05) is 10.9 Å². The van der Waals surface area contributed by atoms with Crippen LogP contribution in [0.2, 0.25) is 0 Å². The summed E-state index contributed by atoms with van der Waals surface area (Å²) >= 11 is 3.21. The molecular weight excluding hydrogens is 272 g/mol.